The number of aliphatic hydroxyl groups excluding tert-OH is 2. The number of aryl methyl sites for hydroxylation is 5. The number of likely N-dealkylation sites (tertiary alicyclic amines) is 1. The van der Waals surface area contributed by atoms with Crippen LogP contribution in [0.5, 0.6) is 0 Å². The van der Waals surface area contributed by atoms with E-state index in [0.29, 0.717) is 98.9 Å². The molecule has 12 aromatic rings. The van der Waals surface area contributed by atoms with E-state index in [1.54, 1.807) is 0 Å². The molecule has 0 amide bonds. The molecule has 0 bridgehead atoms. The van der Waals surface area contributed by atoms with Gasteiger partial charge in [0, 0.05) is 136 Å². The highest BCUT2D eigenvalue weighted by atomic mass is 32.2. The van der Waals surface area contributed by atoms with Crippen LogP contribution in [-0.2, 0) is 71.6 Å². The van der Waals surface area contributed by atoms with Crippen LogP contribution in [0.2, 0.25) is 0 Å². The fourth-order valence-electron chi connectivity index (χ4n) is 15.8. The smallest absolute Gasteiger partial charge is 0.147 e. The first kappa shape index (κ1) is 82.1. The summed E-state index contributed by atoms with van der Waals surface area (Å²) in [6.45, 7) is 3.02. The van der Waals surface area contributed by atoms with Crippen molar-refractivity contribution in [1.82, 2.24) is 63.0 Å². The second-order valence-corrected chi connectivity index (χ2v) is 40.1. The standard InChI is InChI=1S/C23H28FN5O2S.C20H25N5O2S.C20H24N4O3S.C18H22N4O3S/c1-32(30,31)6-5-15-3-2-4-17(7-15)20-13-29(23-21(20)22(25)26-14-27-23)19-8-16(9-19)10-28-11-18(24)12-28;1-28(26,27)8-7-13-3-2-4-14(9-13)17-11-25(16-6-5-15(21)10-16)20-18(17)19(22)23-12-24-20;1-28(26,27)6-5-13-3-2-4-15(7-13)17-10-24(16-8-14(9-16)11-25)20-18(17)19(21)22-12-23-20;1-26(24,25)9-6-13-4-2-5-14(10-13)15-11-22(7-3-8-23)18-16(15)17(19)20-12-21-18/h2-4,7,13-14,16,18-19H,5-6,8-12H2,1H3,(H2,25,26,27);2-4,9,11-12,15-16H,5-8,10,21H2,1H3,(H2,22,23,24);2-4,7,10,12,14,16,25H,5-6,8-9,11H2,1H3,(H2,21,22,23);2,4-5,10-12,23H,3,6-9H2,1H3,(H2,19,20,21)/t;15-,16-;;/m.0../s1. The molecule has 16 rings (SSSR count). The number of nitrogens with zero attached hydrogens (tertiary/aromatic N) is 13. The van der Waals surface area contributed by atoms with Crippen LogP contribution in [0.3, 0.4) is 0 Å². The molecule has 4 aromatic carbocycles. The lowest BCUT2D eigenvalue weighted by Crippen LogP contribution is -2.51. The van der Waals surface area contributed by atoms with Crippen molar-refractivity contribution in [3.05, 3.63) is 169 Å². The van der Waals surface area contributed by atoms with Crippen LogP contribution >= 0.6 is 0 Å². The topological polar surface area (TPSA) is 433 Å². The molecule has 33 heteroatoms. The molecule has 114 heavy (non-hydrogen) atoms. The Hall–Kier alpha value is -9.87. The van der Waals surface area contributed by atoms with Crippen LogP contribution < -0.4 is 28.7 Å². The van der Waals surface area contributed by atoms with Gasteiger partial charge in [0.1, 0.15) is 117 Å². The molecule has 0 unspecified atom stereocenters. The number of hydrogen-bond donors (Lipinski definition) is 7. The van der Waals surface area contributed by atoms with Gasteiger partial charge < -0.3 is 57.1 Å². The second kappa shape index (κ2) is 34.7. The number of benzene rings is 4. The fourth-order valence-corrected chi connectivity index (χ4v) is 18.2. The summed E-state index contributed by atoms with van der Waals surface area (Å²) in [4.78, 5) is 36.7. The third-order valence-electron chi connectivity index (χ3n) is 21.9. The molecule has 3 aliphatic carbocycles. The second-order valence-electron chi connectivity index (χ2n) is 31.0. The van der Waals surface area contributed by atoms with Crippen LogP contribution in [0.15, 0.2) is 147 Å². The SMILES string of the molecule is CS(=O)(=O)CCc1cccc(-c2cn(C3CC(CN4CC(F)C4)C3)c3ncnc(N)c23)c1.CS(=O)(=O)CCc1cccc(-c2cn(C3CC(CO)C3)c3ncnc(N)c23)c1.CS(=O)(=O)CCc1cccc(-c2cn(CCCO)c3ncnc(N)c23)c1.CS(=O)(=O)CCc1cccc(-c2cn([C@H]3CC[C@H](N)C3)c3ncnc(N)c23)c1. The maximum atomic E-state index is 13.1. The van der Waals surface area contributed by atoms with Gasteiger partial charge in [-0.15, -0.1) is 0 Å². The number of aliphatic hydroxyl groups is 2. The highest BCUT2D eigenvalue weighted by Gasteiger charge is 2.37. The van der Waals surface area contributed by atoms with E-state index in [1.807, 2.05) is 108 Å². The fraction of sp³-hybridized carbons (Fsp3) is 0.407. The van der Waals surface area contributed by atoms with E-state index < -0.39 is 45.5 Å². The molecule has 3 saturated carbocycles. The summed E-state index contributed by atoms with van der Waals surface area (Å²) in [6.07, 6.45) is 27.8. The van der Waals surface area contributed by atoms with Crippen LogP contribution in [0.1, 0.15) is 91.7 Å². The van der Waals surface area contributed by atoms with Crippen molar-refractivity contribution in [2.45, 2.75) is 114 Å². The predicted molar refractivity (Wildman–Crippen MR) is 448 cm³/mol. The van der Waals surface area contributed by atoms with Gasteiger partial charge >= 0.3 is 0 Å². The highest BCUT2D eigenvalue weighted by molar-refractivity contribution is 7.91. The zero-order valence-corrected chi connectivity index (χ0v) is 67.6. The first-order valence-electron chi connectivity index (χ1n) is 38.2. The van der Waals surface area contributed by atoms with Crippen LogP contribution in [0.4, 0.5) is 27.7 Å². The largest absolute Gasteiger partial charge is 0.396 e. The maximum Gasteiger partial charge on any atom is 0.147 e. The lowest BCUT2D eigenvalue weighted by molar-refractivity contribution is 0.0282. The molecule has 0 spiro atoms. The summed E-state index contributed by atoms with van der Waals surface area (Å²) in [5.74, 6) is 3.10. The minimum atomic E-state index is -3.03. The van der Waals surface area contributed by atoms with Gasteiger partial charge in [0.15, 0.2) is 0 Å². The minimum absolute atomic E-state index is 0.0938. The Labute approximate surface area is 663 Å². The number of nitrogens with two attached hydrogens (primary N) is 5. The molecule has 4 aliphatic rings. The average Bonchev–Trinajstić information content (AvgIpc) is 1.61. The van der Waals surface area contributed by atoms with E-state index in [2.05, 4.69) is 77.1 Å². The quantitative estimate of drug-likeness (QED) is 0.0280. The summed E-state index contributed by atoms with van der Waals surface area (Å²) in [6, 6.07) is 32.6. The Bertz CT molecular complexity index is 5960. The van der Waals surface area contributed by atoms with Crippen LogP contribution in [0, 0.1) is 11.8 Å². The van der Waals surface area contributed by atoms with Gasteiger partial charge in [-0.05, 0) is 133 Å². The third-order valence-corrected chi connectivity index (χ3v) is 25.7. The first-order valence-corrected chi connectivity index (χ1v) is 46.4. The number of hydrogen-bond acceptors (Lipinski definition) is 24. The summed E-state index contributed by atoms with van der Waals surface area (Å²) in [7, 11) is -12.1. The Morgan fingerprint density at radius 3 is 1.09 bits per heavy atom. The van der Waals surface area contributed by atoms with E-state index in [9.17, 15) is 43.2 Å². The van der Waals surface area contributed by atoms with Crippen molar-refractivity contribution in [3.8, 4) is 44.5 Å². The lowest BCUT2D eigenvalue weighted by atomic mass is 9.79. The van der Waals surface area contributed by atoms with Gasteiger partial charge in [-0.2, -0.15) is 0 Å². The Balaban J connectivity index is 0.000000133. The van der Waals surface area contributed by atoms with E-state index in [-0.39, 0.29) is 48.3 Å². The van der Waals surface area contributed by atoms with Gasteiger partial charge in [-0.1, -0.05) is 97.1 Å². The van der Waals surface area contributed by atoms with Crippen molar-refractivity contribution in [1.29, 1.82) is 0 Å². The molecule has 28 nitrogen and oxygen atoms in total. The van der Waals surface area contributed by atoms with Crippen molar-refractivity contribution in [3.63, 3.8) is 0 Å². The number of sulfone groups is 4. The predicted octanol–water partition coefficient (Wildman–Crippen LogP) is 9.05. The molecule has 1 aliphatic heterocycles. The van der Waals surface area contributed by atoms with Crippen molar-refractivity contribution >= 4 is 107 Å². The molecule has 2 atom stereocenters. The maximum absolute atomic E-state index is 13.1. The summed E-state index contributed by atoms with van der Waals surface area (Å²) < 4.78 is 114. The van der Waals surface area contributed by atoms with Gasteiger partial charge in [0.2, 0.25) is 0 Å². The number of halogens is 1. The molecule has 9 heterocycles. The normalized spacial score (nSPS) is 18.7. The third kappa shape index (κ3) is 19.9. The molecule has 8 aromatic heterocycles. The number of anilines is 4. The van der Waals surface area contributed by atoms with E-state index in [4.69, 9.17) is 33.8 Å². The number of rotatable bonds is 25. The van der Waals surface area contributed by atoms with Gasteiger partial charge in [-0.25, -0.2) is 77.9 Å². The Morgan fingerprint density at radius 1 is 0.430 bits per heavy atom. The zero-order valence-electron chi connectivity index (χ0n) is 64.3. The number of nitrogen functional groups attached to an aromatic ring is 4. The molecule has 0 radical (unpaired) electrons. The summed E-state index contributed by atoms with van der Waals surface area (Å²) in [5.41, 5.74) is 45.6. The molecule has 12 N–H and O–H groups in total. The zero-order chi connectivity index (χ0) is 81.0. The van der Waals surface area contributed by atoms with Crippen LogP contribution in [0.25, 0.3) is 88.6 Å². The Morgan fingerprint density at radius 2 is 0.763 bits per heavy atom. The number of aromatic nitrogens is 12. The van der Waals surface area contributed by atoms with E-state index >= 15 is 0 Å². The van der Waals surface area contributed by atoms with Gasteiger partial charge in [0.25, 0.3) is 0 Å². The molecule has 604 valence electrons. The van der Waals surface area contributed by atoms with Crippen molar-refractivity contribution in [2.24, 2.45) is 17.6 Å². The minimum Gasteiger partial charge on any atom is -0.396 e. The average molecular weight is 1630 g/mol. The van der Waals surface area contributed by atoms with Crippen molar-refractivity contribution < 1.29 is 48.3 Å². The van der Waals surface area contributed by atoms with Gasteiger partial charge in [-0.3, -0.25) is 4.90 Å². The first-order chi connectivity index (χ1) is 54.3. The lowest BCUT2D eigenvalue weighted by Gasteiger charge is -2.43. The van der Waals surface area contributed by atoms with Crippen LogP contribution in [-0.4, -0.2) is 200 Å². The van der Waals surface area contributed by atoms with Gasteiger partial charge in [0.05, 0.1) is 44.6 Å². The highest BCUT2D eigenvalue weighted by Crippen LogP contribution is 2.46. The van der Waals surface area contributed by atoms with E-state index in [0.717, 1.165) is 162 Å². The van der Waals surface area contributed by atoms with E-state index in [1.165, 1.54) is 50.3 Å². The molecular formula is C81H99FN18O10S4. The monoisotopic (exact) mass is 1630 g/mol. The Kier molecular flexibility index (Phi) is 25.0. The molecular weight excluding hydrogens is 1530 g/mol. The number of fused-ring (bicyclic) bond motifs is 4. The molecule has 1 saturated heterocycles. The van der Waals surface area contributed by atoms with Crippen molar-refractivity contribution in [2.75, 3.05) is 104 Å². The summed E-state index contributed by atoms with van der Waals surface area (Å²) in [5, 5.41) is 21.7. The molecule has 4 fully saturated rings. The number of alkyl halides is 1. The summed E-state index contributed by atoms with van der Waals surface area (Å²) >= 11 is 0.